The highest BCUT2D eigenvalue weighted by Gasteiger charge is 2.13. The molecule has 0 unspecified atom stereocenters. The number of benzene rings is 1. The first-order valence-electron chi connectivity index (χ1n) is 6.31. The van der Waals surface area contributed by atoms with Gasteiger partial charge >= 0.3 is 6.16 Å². The summed E-state index contributed by atoms with van der Waals surface area (Å²) in [5, 5.41) is 20.9. The average molecular weight is 306 g/mol. The van der Waals surface area contributed by atoms with Gasteiger partial charge in [0.05, 0.1) is 6.42 Å². The third kappa shape index (κ3) is 4.17. The van der Waals surface area contributed by atoms with Crippen LogP contribution < -0.4 is 10.2 Å². The number of aromatic nitrogens is 1. The molecular weight excluding hydrogens is 292 g/mol. The molecule has 1 heterocycles. The smallest absolute Gasteiger partial charge is 0.492 e. The van der Waals surface area contributed by atoms with Crippen molar-refractivity contribution in [2.75, 3.05) is 6.73 Å². The molecule has 0 aliphatic rings. The van der Waals surface area contributed by atoms with Crippen molar-refractivity contribution >= 4 is 12.1 Å². The van der Waals surface area contributed by atoms with Gasteiger partial charge < -0.3 is 20.3 Å². The van der Waals surface area contributed by atoms with E-state index in [0.29, 0.717) is 4.73 Å². The van der Waals surface area contributed by atoms with Crippen molar-refractivity contribution in [2.24, 2.45) is 0 Å². The number of aromatic hydroxyl groups is 2. The maximum absolute atomic E-state index is 11.6. The van der Waals surface area contributed by atoms with Crippen molar-refractivity contribution in [2.45, 2.75) is 6.42 Å². The Hall–Kier alpha value is -3.16. The Kier molecular flexibility index (Phi) is 4.86. The van der Waals surface area contributed by atoms with E-state index in [2.05, 4.69) is 14.9 Å². The molecule has 0 fully saturated rings. The summed E-state index contributed by atoms with van der Waals surface area (Å²) in [5.74, 6) is -1.27. The monoisotopic (exact) mass is 306 g/mol. The van der Waals surface area contributed by atoms with Gasteiger partial charge in [0.2, 0.25) is 17.7 Å². The topological polar surface area (TPSA) is 110 Å². The summed E-state index contributed by atoms with van der Waals surface area (Å²) >= 11 is 0. The van der Waals surface area contributed by atoms with Crippen LogP contribution in [0.15, 0.2) is 42.5 Å². The van der Waals surface area contributed by atoms with Crippen LogP contribution in [0.4, 0.5) is 4.79 Å². The molecule has 116 valence electrons. The van der Waals surface area contributed by atoms with Gasteiger partial charge in [0.15, 0.2) is 6.73 Å². The third-order valence-electron chi connectivity index (χ3n) is 2.63. The van der Waals surface area contributed by atoms with Crippen LogP contribution in [-0.2, 0) is 16.0 Å². The van der Waals surface area contributed by atoms with Crippen LogP contribution in [0.1, 0.15) is 5.56 Å². The minimum absolute atomic E-state index is 0.151. The summed E-state index contributed by atoms with van der Waals surface area (Å²) in [7, 11) is 0. The predicted octanol–water partition coefficient (Wildman–Crippen LogP) is 0.781. The van der Waals surface area contributed by atoms with Gasteiger partial charge in [0, 0.05) is 12.1 Å². The fourth-order valence-corrected chi connectivity index (χ4v) is 1.62. The average Bonchev–Trinajstić information content (AvgIpc) is 2.80. The van der Waals surface area contributed by atoms with Gasteiger partial charge in [-0.3, -0.25) is 9.63 Å². The van der Waals surface area contributed by atoms with Gasteiger partial charge in [0.25, 0.3) is 0 Å². The summed E-state index contributed by atoms with van der Waals surface area (Å²) in [6.07, 6.45) is -1.04. The zero-order valence-corrected chi connectivity index (χ0v) is 11.4. The summed E-state index contributed by atoms with van der Waals surface area (Å²) in [6.45, 7) is -0.396. The Morgan fingerprint density at radius 2 is 1.68 bits per heavy atom. The molecule has 2 rings (SSSR count). The van der Waals surface area contributed by atoms with Crippen molar-refractivity contribution in [1.29, 1.82) is 0 Å². The second-order valence-electron chi connectivity index (χ2n) is 4.24. The highest BCUT2D eigenvalue weighted by atomic mass is 16.8. The number of nitrogens with one attached hydrogen (secondary N) is 1. The number of carbonyl (C=O) groups excluding carboxylic acids is 2. The van der Waals surface area contributed by atoms with Crippen LogP contribution in [-0.4, -0.2) is 33.7 Å². The SMILES string of the molecule is O=C(Cc1ccccc1)NCOC(=O)On1c(O)ccc1O. The van der Waals surface area contributed by atoms with Crippen molar-refractivity contribution in [3.05, 3.63) is 48.0 Å². The van der Waals surface area contributed by atoms with E-state index in [1.165, 1.54) is 0 Å². The standard InChI is InChI=1S/C14H14N2O6/c17-11(8-10-4-2-1-3-5-10)15-9-21-14(20)22-16-12(18)6-7-13(16)19/h1-7,18-19H,8-9H2,(H,15,17). The predicted molar refractivity (Wildman–Crippen MR) is 74.0 cm³/mol. The molecule has 1 aromatic carbocycles. The molecule has 8 heteroatoms. The zero-order valence-electron chi connectivity index (χ0n) is 11.4. The molecular formula is C14H14N2O6. The number of amides is 1. The molecule has 0 atom stereocenters. The van der Waals surface area contributed by atoms with Crippen LogP contribution in [0.2, 0.25) is 0 Å². The highest BCUT2D eigenvalue weighted by molar-refractivity contribution is 5.78. The van der Waals surface area contributed by atoms with Gasteiger partial charge in [-0.1, -0.05) is 30.3 Å². The number of hydrogen-bond acceptors (Lipinski definition) is 6. The second kappa shape index (κ2) is 7.02. The Labute approximate surface area is 125 Å². The van der Waals surface area contributed by atoms with E-state index in [1.807, 2.05) is 18.2 Å². The first kappa shape index (κ1) is 15.2. The second-order valence-corrected chi connectivity index (χ2v) is 4.24. The lowest BCUT2D eigenvalue weighted by molar-refractivity contribution is -0.121. The largest absolute Gasteiger partial charge is 0.535 e. The van der Waals surface area contributed by atoms with Gasteiger partial charge in [-0.05, 0) is 5.56 Å². The molecule has 0 radical (unpaired) electrons. The number of hydrogen-bond donors (Lipinski definition) is 3. The third-order valence-corrected chi connectivity index (χ3v) is 2.63. The van der Waals surface area contributed by atoms with Crippen LogP contribution >= 0.6 is 0 Å². The molecule has 0 spiro atoms. The van der Waals surface area contributed by atoms with Crippen LogP contribution in [0, 0.1) is 0 Å². The van der Waals surface area contributed by atoms with Gasteiger partial charge in [0.1, 0.15) is 0 Å². The molecule has 1 amide bonds. The molecule has 0 bridgehead atoms. The minimum Gasteiger partial charge on any atom is -0.492 e. The number of carbonyl (C=O) groups is 2. The van der Waals surface area contributed by atoms with Crippen molar-refractivity contribution in [3.8, 4) is 11.8 Å². The summed E-state index contributed by atoms with van der Waals surface area (Å²) in [6, 6.07) is 11.3. The molecule has 0 saturated carbocycles. The normalized spacial score (nSPS) is 10.0. The highest BCUT2D eigenvalue weighted by Crippen LogP contribution is 2.18. The lowest BCUT2D eigenvalue weighted by Gasteiger charge is -2.08. The molecule has 0 aliphatic heterocycles. The van der Waals surface area contributed by atoms with E-state index in [-0.39, 0.29) is 12.3 Å². The van der Waals surface area contributed by atoms with E-state index < -0.39 is 24.6 Å². The fourth-order valence-electron chi connectivity index (χ4n) is 1.62. The van der Waals surface area contributed by atoms with E-state index in [0.717, 1.165) is 17.7 Å². The van der Waals surface area contributed by atoms with Crippen LogP contribution in [0.3, 0.4) is 0 Å². The van der Waals surface area contributed by atoms with Crippen LogP contribution in [0.25, 0.3) is 0 Å². The fraction of sp³-hybridized carbons (Fsp3) is 0.143. The van der Waals surface area contributed by atoms with Gasteiger partial charge in [-0.25, -0.2) is 4.79 Å². The summed E-state index contributed by atoms with van der Waals surface area (Å²) in [5.41, 5.74) is 0.824. The maximum Gasteiger partial charge on any atom is 0.535 e. The van der Waals surface area contributed by atoms with Crippen molar-refractivity contribution in [1.82, 2.24) is 10.0 Å². The number of nitrogens with zero attached hydrogens (tertiary/aromatic N) is 1. The summed E-state index contributed by atoms with van der Waals surface area (Å²) < 4.78 is 5.08. The Morgan fingerprint density at radius 1 is 1.05 bits per heavy atom. The summed E-state index contributed by atoms with van der Waals surface area (Å²) in [4.78, 5) is 27.4. The Balaban J connectivity index is 1.72. The first-order chi connectivity index (χ1) is 10.6. The lowest BCUT2D eigenvalue weighted by atomic mass is 10.1. The Bertz CT molecular complexity index is 633. The molecule has 2 aromatic rings. The molecule has 8 nitrogen and oxygen atoms in total. The minimum atomic E-state index is -1.19. The van der Waals surface area contributed by atoms with Crippen molar-refractivity contribution < 1.29 is 29.4 Å². The molecule has 0 aliphatic carbocycles. The van der Waals surface area contributed by atoms with Crippen molar-refractivity contribution in [3.63, 3.8) is 0 Å². The molecule has 1 aromatic heterocycles. The van der Waals surface area contributed by atoms with E-state index >= 15 is 0 Å². The van der Waals surface area contributed by atoms with Gasteiger partial charge in [-0.15, -0.1) is 4.73 Å². The Morgan fingerprint density at radius 3 is 2.32 bits per heavy atom. The first-order valence-corrected chi connectivity index (χ1v) is 6.31. The van der Waals surface area contributed by atoms with Crippen LogP contribution in [0.5, 0.6) is 11.8 Å². The van der Waals surface area contributed by atoms with E-state index in [9.17, 15) is 19.8 Å². The lowest BCUT2D eigenvalue weighted by Crippen LogP contribution is -2.31. The number of rotatable bonds is 5. The maximum atomic E-state index is 11.6. The molecule has 0 saturated heterocycles. The van der Waals surface area contributed by atoms with E-state index in [1.54, 1.807) is 12.1 Å². The number of ether oxygens (including phenoxy) is 1. The molecule has 22 heavy (non-hydrogen) atoms. The van der Waals surface area contributed by atoms with Gasteiger partial charge in [-0.2, -0.15) is 0 Å². The van der Waals surface area contributed by atoms with E-state index in [4.69, 9.17) is 0 Å². The zero-order chi connectivity index (χ0) is 15.9. The molecule has 3 N–H and O–H groups in total. The quantitative estimate of drug-likeness (QED) is 0.556.